The van der Waals surface area contributed by atoms with Gasteiger partial charge in [0.2, 0.25) is 5.91 Å². The second-order valence-corrected chi connectivity index (χ2v) is 6.31. The summed E-state index contributed by atoms with van der Waals surface area (Å²) in [6.45, 7) is 0.435. The molecule has 1 aliphatic heterocycles. The van der Waals surface area contributed by atoms with Crippen LogP contribution in [0.1, 0.15) is 6.42 Å². The first-order valence-electron chi connectivity index (χ1n) is 7.41. The first-order chi connectivity index (χ1) is 11.5. The van der Waals surface area contributed by atoms with Crippen LogP contribution in [0.5, 0.6) is 0 Å². The average molecular weight is 364 g/mol. The predicted octanol–water partition coefficient (Wildman–Crippen LogP) is 3.92. The number of amides is 3. The number of rotatable bonds is 3. The molecule has 7 heteroatoms. The fourth-order valence-corrected chi connectivity index (χ4v) is 3.05. The summed E-state index contributed by atoms with van der Waals surface area (Å²) in [5.74, 6) is -0.0176. The van der Waals surface area contributed by atoms with Crippen molar-refractivity contribution < 1.29 is 9.59 Å². The summed E-state index contributed by atoms with van der Waals surface area (Å²) in [5.41, 5.74) is 1.29. The highest BCUT2D eigenvalue weighted by atomic mass is 35.5. The van der Waals surface area contributed by atoms with Crippen molar-refractivity contribution in [1.29, 1.82) is 0 Å². The minimum atomic E-state index is -0.410. The van der Waals surface area contributed by atoms with E-state index in [1.807, 2.05) is 30.3 Å². The second kappa shape index (κ2) is 7.11. The Hall–Kier alpha value is -2.24. The lowest BCUT2D eigenvalue weighted by atomic mass is 10.2. The zero-order valence-corrected chi connectivity index (χ0v) is 14.1. The molecule has 2 aromatic rings. The molecule has 24 heavy (non-hydrogen) atoms. The van der Waals surface area contributed by atoms with Crippen LogP contribution in [-0.2, 0) is 4.79 Å². The summed E-state index contributed by atoms with van der Waals surface area (Å²) in [5, 5.41) is 6.30. The summed E-state index contributed by atoms with van der Waals surface area (Å²) in [6, 6.07) is 13.5. The molecule has 2 aromatic carbocycles. The molecule has 0 radical (unpaired) electrons. The summed E-state index contributed by atoms with van der Waals surface area (Å²) in [4.78, 5) is 25.9. The monoisotopic (exact) mass is 363 g/mol. The average Bonchev–Trinajstić information content (AvgIpc) is 2.91. The minimum absolute atomic E-state index is 0.0176. The standard InChI is InChI=1S/C17H15Cl2N3O2/c18-11-6-7-15(14(19)8-11)21-17(24)20-12-9-16(23)22(10-12)13-4-2-1-3-5-13/h1-8,12H,9-10H2,(H2,20,21,24)/t12-/m1/s1. The van der Waals surface area contributed by atoms with Crippen LogP contribution < -0.4 is 15.5 Å². The van der Waals surface area contributed by atoms with Crippen molar-refractivity contribution in [2.75, 3.05) is 16.8 Å². The van der Waals surface area contributed by atoms with Crippen molar-refractivity contribution in [3.05, 3.63) is 58.6 Å². The summed E-state index contributed by atoms with van der Waals surface area (Å²) >= 11 is 11.9. The van der Waals surface area contributed by atoms with Gasteiger partial charge in [0.25, 0.3) is 0 Å². The quantitative estimate of drug-likeness (QED) is 0.867. The van der Waals surface area contributed by atoms with Crippen molar-refractivity contribution in [3.8, 4) is 0 Å². The van der Waals surface area contributed by atoms with Crippen molar-refractivity contribution in [3.63, 3.8) is 0 Å². The topological polar surface area (TPSA) is 61.4 Å². The lowest BCUT2D eigenvalue weighted by Gasteiger charge is -2.17. The molecule has 3 rings (SSSR count). The number of halogens is 2. The maximum Gasteiger partial charge on any atom is 0.319 e. The van der Waals surface area contributed by atoms with Gasteiger partial charge < -0.3 is 15.5 Å². The number of carbonyl (C=O) groups excluding carboxylic acids is 2. The Bertz CT molecular complexity index is 768. The second-order valence-electron chi connectivity index (χ2n) is 5.46. The number of anilines is 2. The van der Waals surface area contributed by atoms with Gasteiger partial charge in [-0.25, -0.2) is 4.79 Å². The molecule has 0 aromatic heterocycles. The molecule has 3 amide bonds. The van der Waals surface area contributed by atoms with Crippen LogP contribution in [0.2, 0.25) is 10.0 Å². The largest absolute Gasteiger partial charge is 0.333 e. The van der Waals surface area contributed by atoms with Crippen LogP contribution in [0.25, 0.3) is 0 Å². The molecule has 0 saturated carbocycles. The van der Waals surface area contributed by atoms with E-state index in [0.29, 0.717) is 22.3 Å². The van der Waals surface area contributed by atoms with Crippen molar-refractivity contribution in [1.82, 2.24) is 5.32 Å². The Balaban J connectivity index is 1.60. The van der Waals surface area contributed by atoms with E-state index in [0.717, 1.165) is 5.69 Å². The van der Waals surface area contributed by atoms with Gasteiger partial charge in [0, 0.05) is 23.7 Å². The van der Waals surface area contributed by atoms with Crippen LogP contribution in [0, 0.1) is 0 Å². The zero-order valence-electron chi connectivity index (χ0n) is 12.6. The maximum atomic E-state index is 12.1. The molecule has 2 N–H and O–H groups in total. The molecule has 5 nitrogen and oxygen atoms in total. The first kappa shape index (κ1) is 16.6. The smallest absolute Gasteiger partial charge is 0.319 e. The van der Waals surface area contributed by atoms with Crippen LogP contribution in [0.3, 0.4) is 0 Å². The molecule has 1 fully saturated rings. The third-order valence-corrected chi connectivity index (χ3v) is 4.26. The molecule has 0 unspecified atom stereocenters. The van der Waals surface area contributed by atoms with Gasteiger partial charge in [0.05, 0.1) is 16.8 Å². The normalized spacial score (nSPS) is 17.0. The highest BCUT2D eigenvalue weighted by Crippen LogP contribution is 2.25. The molecular formula is C17H15Cl2N3O2. The van der Waals surface area contributed by atoms with Gasteiger partial charge in [-0.15, -0.1) is 0 Å². The van der Waals surface area contributed by atoms with E-state index >= 15 is 0 Å². The number of hydrogen-bond donors (Lipinski definition) is 2. The van der Waals surface area contributed by atoms with Crippen LogP contribution in [-0.4, -0.2) is 24.5 Å². The number of urea groups is 1. The zero-order chi connectivity index (χ0) is 17.1. The van der Waals surface area contributed by atoms with Crippen molar-refractivity contribution in [2.24, 2.45) is 0 Å². The van der Waals surface area contributed by atoms with E-state index in [9.17, 15) is 9.59 Å². The van der Waals surface area contributed by atoms with Crippen molar-refractivity contribution in [2.45, 2.75) is 12.5 Å². The Morgan fingerprint density at radius 3 is 2.58 bits per heavy atom. The van der Waals surface area contributed by atoms with E-state index in [1.165, 1.54) is 0 Å². The van der Waals surface area contributed by atoms with E-state index in [1.54, 1.807) is 23.1 Å². The third kappa shape index (κ3) is 3.80. The summed E-state index contributed by atoms with van der Waals surface area (Å²) in [6.07, 6.45) is 0.261. The number of para-hydroxylation sites is 1. The van der Waals surface area contributed by atoms with E-state index in [-0.39, 0.29) is 18.4 Å². The molecule has 0 bridgehead atoms. The Kier molecular flexibility index (Phi) is 4.92. The molecule has 1 saturated heterocycles. The number of nitrogens with one attached hydrogen (secondary N) is 2. The summed E-state index contributed by atoms with van der Waals surface area (Å²) < 4.78 is 0. The third-order valence-electron chi connectivity index (χ3n) is 3.71. The van der Waals surface area contributed by atoms with Crippen molar-refractivity contribution >= 4 is 46.5 Å². The van der Waals surface area contributed by atoms with Gasteiger partial charge in [-0.05, 0) is 30.3 Å². The van der Waals surface area contributed by atoms with Gasteiger partial charge in [-0.3, -0.25) is 4.79 Å². The number of nitrogens with zero attached hydrogens (tertiary/aromatic N) is 1. The Morgan fingerprint density at radius 1 is 1.12 bits per heavy atom. The molecular weight excluding hydrogens is 349 g/mol. The van der Waals surface area contributed by atoms with Gasteiger partial charge in [0.15, 0.2) is 0 Å². The molecule has 0 aliphatic carbocycles. The van der Waals surface area contributed by atoms with Crippen LogP contribution >= 0.6 is 23.2 Å². The molecule has 1 aliphatic rings. The van der Waals surface area contributed by atoms with Crippen LogP contribution in [0.4, 0.5) is 16.2 Å². The Labute approximate surface area is 149 Å². The van der Waals surface area contributed by atoms with Gasteiger partial charge in [-0.1, -0.05) is 41.4 Å². The number of hydrogen-bond acceptors (Lipinski definition) is 2. The minimum Gasteiger partial charge on any atom is -0.333 e. The van der Waals surface area contributed by atoms with Gasteiger partial charge >= 0.3 is 6.03 Å². The number of benzene rings is 2. The van der Waals surface area contributed by atoms with Gasteiger partial charge in [0.1, 0.15) is 0 Å². The lowest BCUT2D eigenvalue weighted by molar-refractivity contribution is -0.117. The molecule has 1 heterocycles. The SMILES string of the molecule is O=C(Nc1ccc(Cl)cc1Cl)N[C@@H]1CC(=O)N(c2ccccc2)C1. The highest BCUT2D eigenvalue weighted by molar-refractivity contribution is 6.36. The predicted molar refractivity (Wildman–Crippen MR) is 95.8 cm³/mol. The van der Waals surface area contributed by atoms with Gasteiger partial charge in [-0.2, -0.15) is 0 Å². The molecule has 0 spiro atoms. The van der Waals surface area contributed by atoms with Crippen LogP contribution in [0.15, 0.2) is 48.5 Å². The highest BCUT2D eigenvalue weighted by Gasteiger charge is 2.31. The first-order valence-corrected chi connectivity index (χ1v) is 8.16. The molecule has 124 valence electrons. The Morgan fingerprint density at radius 2 is 1.88 bits per heavy atom. The van der Waals surface area contributed by atoms with E-state index in [4.69, 9.17) is 23.2 Å². The molecule has 1 atom stereocenters. The fourth-order valence-electron chi connectivity index (χ4n) is 2.60. The summed E-state index contributed by atoms with van der Waals surface area (Å²) in [7, 11) is 0. The van der Waals surface area contributed by atoms with E-state index in [2.05, 4.69) is 10.6 Å². The van der Waals surface area contributed by atoms with E-state index < -0.39 is 6.03 Å². The number of carbonyl (C=O) groups is 2. The lowest BCUT2D eigenvalue weighted by Crippen LogP contribution is -2.39. The fraction of sp³-hybridized carbons (Fsp3) is 0.176. The maximum absolute atomic E-state index is 12.1.